The molecule has 1 aromatic carbocycles. The van der Waals surface area contributed by atoms with E-state index in [1.807, 2.05) is 6.92 Å². The van der Waals surface area contributed by atoms with E-state index < -0.39 is 11.9 Å². The first-order valence-corrected chi connectivity index (χ1v) is 6.99. The average molecular weight is 409 g/mol. The number of hydrogen-bond acceptors (Lipinski definition) is 2. The fourth-order valence-corrected chi connectivity index (χ4v) is 1.66. The van der Waals surface area contributed by atoms with E-state index >= 15 is 0 Å². The summed E-state index contributed by atoms with van der Waals surface area (Å²) >= 11 is 0. The van der Waals surface area contributed by atoms with Gasteiger partial charge in [0.25, 0.3) is 0 Å². The molecule has 21 heavy (non-hydrogen) atoms. The molecule has 0 aliphatic carbocycles. The van der Waals surface area contributed by atoms with Crippen molar-refractivity contribution in [3.63, 3.8) is 0 Å². The maximum absolute atomic E-state index is 13.5. The number of aliphatic imine (C=N–C) groups is 1. The van der Waals surface area contributed by atoms with E-state index in [0.717, 1.165) is 6.54 Å². The molecule has 0 saturated carbocycles. The first-order valence-electron chi connectivity index (χ1n) is 6.99. The number of benzene rings is 1. The number of aliphatic hydroxyl groups excluding tert-OH is 1. The van der Waals surface area contributed by atoms with Crippen molar-refractivity contribution in [1.82, 2.24) is 10.6 Å². The van der Waals surface area contributed by atoms with E-state index in [1.165, 1.54) is 6.07 Å². The van der Waals surface area contributed by atoms with Crippen molar-refractivity contribution in [3.8, 4) is 0 Å². The molecule has 0 amide bonds. The Morgan fingerprint density at radius 2 is 1.95 bits per heavy atom. The van der Waals surface area contributed by atoms with Gasteiger partial charge < -0.3 is 15.7 Å². The van der Waals surface area contributed by atoms with Crippen molar-refractivity contribution in [1.29, 1.82) is 0 Å². The molecule has 1 rings (SSSR count). The predicted octanol–water partition coefficient (Wildman–Crippen LogP) is 2.69. The van der Waals surface area contributed by atoms with Gasteiger partial charge in [0.2, 0.25) is 0 Å². The zero-order chi connectivity index (χ0) is 15.0. The van der Waals surface area contributed by atoms with Gasteiger partial charge in [-0.15, -0.1) is 24.0 Å². The van der Waals surface area contributed by atoms with Crippen LogP contribution in [0.5, 0.6) is 0 Å². The molecule has 3 N–H and O–H groups in total. The summed E-state index contributed by atoms with van der Waals surface area (Å²) in [5.41, 5.74) is 0.291. The second-order valence-electron chi connectivity index (χ2n) is 5.03. The fraction of sp³-hybridized carbons (Fsp3) is 0.533. The molecule has 1 atom stereocenters. The van der Waals surface area contributed by atoms with Crippen LogP contribution in [0.3, 0.4) is 0 Å². The molecule has 0 heterocycles. The third-order valence-electron chi connectivity index (χ3n) is 2.69. The van der Waals surface area contributed by atoms with E-state index in [4.69, 9.17) is 0 Å². The normalized spacial score (nSPS) is 12.8. The van der Waals surface area contributed by atoms with Crippen molar-refractivity contribution in [2.75, 3.05) is 19.6 Å². The molecule has 0 aliphatic heterocycles. The Labute approximate surface area is 143 Å². The molecule has 0 spiro atoms. The van der Waals surface area contributed by atoms with Crippen LogP contribution in [0.25, 0.3) is 0 Å². The van der Waals surface area contributed by atoms with Gasteiger partial charge in [-0.3, -0.25) is 4.99 Å². The Kier molecular flexibility index (Phi) is 10.3. The molecular weight excluding hydrogens is 384 g/mol. The van der Waals surface area contributed by atoms with Crippen LogP contribution in [0.1, 0.15) is 32.4 Å². The summed E-state index contributed by atoms with van der Waals surface area (Å²) in [6, 6.07) is 6.24. The zero-order valence-electron chi connectivity index (χ0n) is 12.8. The minimum Gasteiger partial charge on any atom is -0.386 e. The van der Waals surface area contributed by atoms with E-state index in [-0.39, 0.29) is 30.5 Å². The van der Waals surface area contributed by atoms with Crippen molar-refractivity contribution in [2.24, 2.45) is 10.9 Å². The molecular formula is C15H25FIN3O. The van der Waals surface area contributed by atoms with Crippen LogP contribution < -0.4 is 10.6 Å². The predicted molar refractivity (Wildman–Crippen MR) is 95.6 cm³/mol. The first-order chi connectivity index (χ1) is 9.54. The standard InChI is InChI=1S/C15H24FN3O.HI/c1-4-17-15(18-9-11(2)3)19-10-14(20)12-7-5-6-8-13(12)16;/h5-8,11,14,20H,4,9-10H2,1-3H3,(H2,17,18,19);1H. The second-order valence-corrected chi connectivity index (χ2v) is 5.03. The van der Waals surface area contributed by atoms with Crippen LogP contribution in [-0.4, -0.2) is 30.7 Å². The molecule has 1 unspecified atom stereocenters. The van der Waals surface area contributed by atoms with Gasteiger partial charge in [0.1, 0.15) is 5.82 Å². The van der Waals surface area contributed by atoms with E-state index in [1.54, 1.807) is 18.2 Å². The first kappa shape index (κ1) is 20.1. The number of aliphatic hydroxyl groups is 1. The summed E-state index contributed by atoms with van der Waals surface area (Å²) in [4.78, 5) is 4.39. The van der Waals surface area contributed by atoms with Crippen LogP contribution in [-0.2, 0) is 0 Å². The van der Waals surface area contributed by atoms with Gasteiger partial charge in [-0.25, -0.2) is 4.39 Å². The maximum atomic E-state index is 13.5. The summed E-state index contributed by atoms with van der Waals surface area (Å²) in [6.07, 6.45) is -0.904. The summed E-state index contributed by atoms with van der Waals surface area (Å²) < 4.78 is 13.5. The highest BCUT2D eigenvalue weighted by molar-refractivity contribution is 14.0. The monoisotopic (exact) mass is 409 g/mol. The fourth-order valence-electron chi connectivity index (χ4n) is 1.66. The minimum absolute atomic E-state index is 0. The lowest BCUT2D eigenvalue weighted by Gasteiger charge is -2.16. The molecule has 1 aromatic rings. The maximum Gasteiger partial charge on any atom is 0.191 e. The number of nitrogens with zero attached hydrogens (tertiary/aromatic N) is 1. The quantitative estimate of drug-likeness (QED) is 0.385. The molecule has 0 bridgehead atoms. The molecule has 6 heteroatoms. The van der Waals surface area contributed by atoms with Gasteiger partial charge in [-0.1, -0.05) is 32.0 Å². The van der Waals surface area contributed by atoms with E-state index in [9.17, 15) is 9.50 Å². The summed E-state index contributed by atoms with van der Waals surface area (Å²) in [7, 11) is 0. The average Bonchev–Trinajstić information content (AvgIpc) is 2.42. The lowest BCUT2D eigenvalue weighted by Crippen LogP contribution is -2.39. The molecule has 0 fully saturated rings. The topological polar surface area (TPSA) is 56.7 Å². The molecule has 4 nitrogen and oxygen atoms in total. The molecule has 0 saturated heterocycles. The van der Waals surface area contributed by atoms with Crippen LogP contribution in [0.15, 0.2) is 29.3 Å². The highest BCUT2D eigenvalue weighted by Gasteiger charge is 2.12. The Bertz CT molecular complexity index is 441. The molecule has 0 radical (unpaired) electrons. The van der Waals surface area contributed by atoms with Gasteiger partial charge in [0.05, 0.1) is 6.10 Å². The van der Waals surface area contributed by atoms with Crippen LogP contribution in [0.2, 0.25) is 0 Å². The van der Waals surface area contributed by atoms with Crippen molar-refractivity contribution < 1.29 is 9.50 Å². The molecule has 0 aliphatic rings. The summed E-state index contributed by atoms with van der Waals surface area (Å²) in [5, 5.41) is 16.1. The van der Waals surface area contributed by atoms with Gasteiger partial charge in [-0.2, -0.15) is 0 Å². The van der Waals surface area contributed by atoms with Gasteiger partial charge in [-0.05, 0) is 18.9 Å². The number of halogens is 2. The van der Waals surface area contributed by atoms with E-state index in [0.29, 0.717) is 24.0 Å². The third-order valence-corrected chi connectivity index (χ3v) is 2.69. The SMILES string of the molecule is CCNC(=NCC(C)C)NCC(O)c1ccccc1F.I. The van der Waals surface area contributed by atoms with Crippen LogP contribution in [0, 0.1) is 11.7 Å². The summed E-state index contributed by atoms with van der Waals surface area (Å²) in [6.45, 7) is 7.79. The van der Waals surface area contributed by atoms with Gasteiger partial charge in [0, 0.05) is 25.2 Å². The highest BCUT2D eigenvalue weighted by Crippen LogP contribution is 2.15. The number of rotatable bonds is 6. The Balaban J connectivity index is 0.00000400. The van der Waals surface area contributed by atoms with Crippen molar-refractivity contribution in [2.45, 2.75) is 26.9 Å². The number of hydrogen-bond donors (Lipinski definition) is 3. The zero-order valence-corrected chi connectivity index (χ0v) is 15.1. The largest absolute Gasteiger partial charge is 0.386 e. The highest BCUT2D eigenvalue weighted by atomic mass is 127. The Hall–Kier alpha value is -0.890. The van der Waals surface area contributed by atoms with Gasteiger partial charge >= 0.3 is 0 Å². The Morgan fingerprint density at radius 3 is 2.52 bits per heavy atom. The number of nitrogens with one attached hydrogen (secondary N) is 2. The molecule has 0 aromatic heterocycles. The van der Waals surface area contributed by atoms with Crippen molar-refractivity contribution >= 4 is 29.9 Å². The van der Waals surface area contributed by atoms with Gasteiger partial charge in [0.15, 0.2) is 5.96 Å². The lowest BCUT2D eigenvalue weighted by atomic mass is 10.1. The second kappa shape index (κ2) is 10.8. The third kappa shape index (κ3) is 7.61. The minimum atomic E-state index is -0.904. The number of guanidine groups is 1. The van der Waals surface area contributed by atoms with Crippen LogP contribution in [0.4, 0.5) is 4.39 Å². The van der Waals surface area contributed by atoms with E-state index in [2.05, 4.69) is 29.5 Å². The Morgan fingerprint density at radius 1 is 1.29 bits per heavy atom. The lowest BCUT2D eigenvalue weighted by molar-refractivity contribution is 0.176. The smallest absolute Gasteiger partial charge is 0.191 e. The summed E-state index contributed by atoms with van der Waals surface area (Å²) in [5.74, 6) is 0.699. The van der Waals surface area contributed by atoms with Crippen LogP contribution >= 0.6 is 24.0 Å². The molecule has 120 valence electrons. The van der Waals surface area contributed by atoms with Crippen molar-refractivity contribution in [3.05, 3.63) is 35.6 Å².